The number of rotatable bonds is 4. The first-order valence-corrected chi connectivity index (χ1v) is 6.72. The van der Waals surface area contributed by atoms with Crippen LogP contribution < -0.4 is 10.2 Å². The summed E-state index contributed by atoms with van der Waals surface area (Å²) < 4.78 is 1.99. The van der Waals surface area contributed by atoms with Gasteiger partial charge < -0.3 is 10.2 Å². The summed E-state index contributed by atoms with van der Waals surface area (Å²) >= 11 is 0. The molecule has 0 saturated carbocycles. The van der Waals surface area contributed by atoms with Crippen molar-refractivity contribution >= 4 is 5.69 Å². The molecule has 1 aromatic rings. The highest BCUT2D eigenvalue weighted by Gasteiger charge is 2.21. The average Bonchev–Trinajstić information content (AvgIpc) is 2.77. The molecular formula is C13H24N4. The third kappa shape index (κ3) is 3.22. The topological polar surface area (TPSA) is 33.1 Å². The Morgan fingerprint density at radius 1 is 1.53 bits per heavy atom. The van der Waals surface area contributed by atoms with Crippen molar-refractivity contribution in [3.63, 3.8) is 0 Å². The van der Waals surface area contributed by atoms with Crippen molar-refractivity contribution in [2.45, 2.75) is 52.2 Å². The maximum absolute atomic E-state index is 4.35. The van der Waals surface area contributed by atoms with Crippen molar-refractivity contribution in [3.8, 4) is 0 Å². The highest BCUT2D eigenvalue weighted by molar-refractivity contribution is 5.43. The lowest BCUT2D eigenvalue weighted by molar-refractivity contribution is 0.394. The number of nitrogens with one attached hydrogen (secondary N) is 1. The van der Waals surface area contributed by atoms with Crippen molar-refractivity contribution in [3.05, 3.63) is 12.4 Å². The molecule has 2 heterocycles. The van der Waals surface area contributed by atoms with Crippen LogP contribution in [0.1, 0.15) is 33.6 Å². The Bertz CT molecular complexity index is 345. The molecule has 4 nitrogen and oxygen atoms in total. The first-order valence-electron chi connectivity index (χ1n) is 6.72. The fourth-order valence-electron chi connectivity index (χ4n) is 2.51. The van der Waals surface area contributed by atoms with E-state index in [1.807, 2.05) is 10.9 Å². The molecule has 1 aliphatic heterocycles. The molecule has 2 rings (SSSR count). The maximum atomic E-state index is 4.35. The third-order valence-corrected chi connectivity index (χ3v) is 3.30. The Balaban J connectivity index is 1.96. The molecule has 4 heteroatoms. The van der Waals surface area contributed by atoms with Crippen molar-refractivity contribution in [1.29, 1.82) is 0 Å². The molecule has 1 aliphatic rings. The van der Waals surface area contributed by atoms with Crippen LogP contribution in [0.4, 0.5) is 5.69 Å². The third-order valence-electron chi connectivity index (χ3n) is 3.30. The van der Waals surface area contributed by atoms with Crippen LogP contribution in [0.2, 0.25) is 0 Å². The van der Waals surface area contributed by atoms with E-state index in [0.717, 1.165) is 19.6 Å². The largest absolute Gasteiger partial charge is 0.367 e. The molecule has 0 aliphatic carbocycles. The summed E-state index contributed by atoms with van der Waals surface area (Å²) in [5.74, 6) is 0. The highest BCUT2D eigenvalue weighted by Crippen LogP contribution is 2.19. The van der Waals surface area contributed by atoms with Gasteiger partial charge in [0.2, 0.25) is 0 Å². The molecule has 0 radical (unpaired) electrons. The number of anilines is 1. The number of hydrogen-bond donors (Lipinski definition) is 1. The Labute approximate surface area is 104 Å². The second-order valence-corrected chi connectivity index (χ2v) is 5.16. The summed E-state index contributed by atoms with van der Waals surface area (Å²) in [4.78, 5) is 2.45. The Hall–Kier alpha value is -1.03. The summed E-state index contributed by atoms with van der Waals surface area (Å²) in [7, 11) is 0. The van der Waals surface area contributed by atoms with Gasteiger partial charge in [0.1, 0.15) is 0 Å². The Kier molecular flexibility index (Phi) is 4.05. The van der Waals surface area contributed by atoms with Crippen molar-refractivity contribution in [1.82, 2.24) is 15.1 Å². The molecule has 1 atom stereocenters. The van der Waals surface area contributed by atoms with Crippen LogP contribution in [0.5, 0.6) is 0 Å². The Morgan fingerprint density at radius 2 is 2.35 bits per heavy atom. The van der Waals surface area contributed by atoms with Gasteiger partial charge in [0.05, 0.1) is 11.9 Å². The van der Waals surface area contributed by atoms with Gasteiger partial charge in [-0.05, 0) is 19.8 Å². The first kappa shape index (κ1) is 12.4. The van der Waals surface area contributed by atoms with E-state index in [9.17, 15) is 0 Å². The average molecular weight is 236 g/mol. The predicted octanol–water partition coefficient (Wildman–Crippen LogP) is 1.87. The minimum Gasteiger partial charge on any atom is -0.367 e. The lowest BCUT2D eigenvalue weighted by Gasteiger charge is -2.34. The number of aromatic nitrogens is 2. The van der Waals surface area contributed by atoms with Gasteiger partial charge in [0.15, 0.2) is 0 Å². The van der Waals surface area contributed by atoms with Crippen LogP contribution in [0.3, 0.4) is 0 Å². The van der Waals surface area contributed by atoms with Crippen molar-refractivity contribution in [2.75, 3.05) is 18.0 Å². The first-order chi connectivity index (χ1) is 8.19. The lowest BCUT2D eigenvalue weighted by atomic mass is 10.0. The quantitative estimate of drug-likeness (QED) is 0.866. The Morgan fingerprint density at radius 3 is 3.00 bits per heavy atom. The van der Waals surface area contributed by atoms with Gasteiger partial charge in [-0.25, -0.2) is 0 Å². The molecule has 1 N–H and O–H groups in total. The standard InChI is InChI=1S/C13H24N4/c1-4-17-10-13(8-14-17)16-7-5-6-12(9-16)15-11(2)3/h8,10-12,15H,4-7,9H2,1-3H3. The SMILES string of the molecule is CCn1cc(N2CCCC(NC(C)C)C2)cn1. The summed E-state index contributed by atoms with van der Waals surface area (Å²) in [5, 5.41) is 7.98. The zero-order chi connectivity index (χ0) is 12.3. The van der Waals surface area contributed by atoms with E-state index in [1.54, 1.807) is 0 Å². The zero-order valence-electron chi connectivity index (χ0n) is 11.2. The molecule has 0 bridgehead atoms. The van der Waals surface area contributed by atoms with Crippen LogP contribution in [-0.2, 0) is 6.54 Å². The highest BCUT2D eigenvalue weighted by atomic mass is 15.3. The van der Waals surface area contributed by atoms with E-state index in [1.165, 1.54) is 18.5 Å². The van der Waals surface area contributed by atoms with E-state index < -0.39 is 0 Å². The molecule has 0 aromatic carbocycles. The molecule has 0 spiro atoms. The van der Waals surface area contributed by atoms with E-state index in [2.05, 4.69) is 42.3 Å². The predicted molar refractivity (Wildman–Crippen MR) is 71.4 cm³/mol. The number of piperidine rings is 1. The van der Waals surface area contributed by atoms with Gasteiger partial charge in [-0.3, -0.25) is 4.68 Å². The van der Waals surface area contributed by atoms with E-state index in [-0.39, 0.29) is 0 Å². The van der Waals surface area contributed by atoms with E-state index >= 15 is 0 Å². The molecule has 1 unspecified atom stereocenters. The maximum Gasteiger partial charge on any atom is 0.0753 e. The fraction of sp³-hybridized carbons (Fsp3) is 0.769. The second-order valence-electron chi connectivity index (χ2n) is 5.16. The number of hydrogen-bond acceptors (Lipinski definition) is 3. The van der Waals surface area contributed by atoms with Crippen molar-refractivity contribution in [2.24, 2.45) is 0 Å². The normalized spacial score (nSPS) is 21.2. The molecule has 1 aromatic heterocycles. The van der Waals surface area contributed by atoms with Crippen LogP contribution in [0.15, 0.2) is 12.4 Å². The minimum atomic E-state index is 0.568. The van der Waals surface area contributed by atoms with Crippen LogP contribution in [0.25, 0.3) is 0 Å². The van der Waals surface area contributed by atoms with Gasteiger partial charge in [0, 0.05) is 37.9 Å². The molecular weight excluding hydrogens is 212 g/mol. The van der Waals surface area contributed by atoms with Gasteiger partial charge >= 0.3 is 0 Å². The van der Waals surface area contributed by atoms with Gasteiger partial charge in [-0.2, -0.15) is 5.10 Å². The summed E-state index contributed by atoms with van der Waals surface area (Å²) in [5.41, 5.74) is 1.27. The second kappa shape index (κ2) is 5.54. The molecule has 96 valence electrons. The fourth-order valence-corrected chi connectivity index (χ4v) is 2.51. The van der Waals surface area contributed by atoms with Gasteiger partial charge in [-0.1, -0.05) is 13.8 Å². The monoisotopic (exact) mass is 236 g/mol. The summed E-state index contributed by atoms with van der Waals surface area (Å²) in [6, 6.07) is 1.19. The van der Waals surface area contributed by atoms with Gasteiger partial charge in [0.25, 0.3) is 0 Å². The van der Waals surface area contributed by atoms with Gasteiger partial charge in [-0.15, -0.1) is 0 Å². The molecule has 17 heavy (non-hydrogen) atoms. The molecule has 1 fully saturated rings. The summed E-state index contributed by atoms with van der Waals surface area (Å²) in [6.45, 7) is 9.76. The van der Waals surface area contributed by atoms with Crippen LogP contribution in [0, 0.1) is 0 Å². The minimum absolute atomic E-state index is 0.568. The van der Waals surface area contributed by atoms with E-state index in [4.69, 9.17) is 0 Å². The van der Waals surface area contributed by atoms with Crippen LogP contribution in [-0.4, -0.2) is 35.0 Å². The zero-order valence-corrected chi connectivity index (χ0v) is 11.2. The lowest BCUT2D eigenvalue weighted by Crippen LogP contribution is -2.47. The molecule has 0 amide bonds. The smallest absolute Gasteiger partial charge is 0.0753 e. The number of nitrogens with zero attached hydrogens (tertiary/aromatic N) is 3. The number of aryl methyl sites for hydroxylation is 1. The molecule has 1 saturated heterocycles. The van der Waals surface area contributed by atoms with Crippen LogP contribution >= 0.6 is 0 Å². The summed E-state index contributed by atoms with van der Waals surface area (Å²) in [6.07, 6.45) is 6.69. The van der Waals surface area contributed by atoms with E-state index in [0.29, 0.717) is 12.1 Å². The van der Waals surface area contributed by atoms with Crippen molar-refractivity contribution < 1.29 is 0 Å².